The molecule has 1 saturated heterocycles. The highest BCUT2D eigenvalue weighted by molar-refractivity contribution is 9.10. The number of anilines is 1. The summed E-state index contributed by atoms with van der Waals surface area (Å²) >= 11 is 3.47. The van der Waals surface area contributed by atoms with Gasteiger partial charge in [-0.15, -0.1) is 0 Å². The quantitative estimate of drug-likeness (QED) is 0.773. The van der Waals surface area contributed by atoms with Gasteiger partial charge in [0.25, 0.3) is 0 Å². The highest BCUT2D eigenvalue weighted by Crippen LogP contribution is 2.23. The van der Waals surface area contributed by atoms with Crippen molar-refractivity contribution in [2.45, 2.75) is 25.7 Å². The van der Waals surface area contributed by atoms with Gasteiger partial charge in [0.05, 0.1) is 0 Å². The predicted octanol–water partition coefficient (Wildman–Crippen LogP) is 5.01. The highest BCUT2D eigenvalue weighted by Gasteiger charge is 2.15. The number of halogens is 1. The smallest absolute Gasteiger partial charge is 0.321 e. The zero-order valence-electron chi connectivity index (χ0n) is 11.9. The van der Waals surface area contributed by atoms with Gasteiger partial charge in [-0.1, -0.05) is 40.9 Å². The fourth-order valence-electron chi connectivity index (χ4n) is 2.77. The van der Waals surface area contributed by atoms with E-state index in [-0.39, 0.29) is 6.03 Å². The maximum atomic E-state index is 12.3. The van der Waals surface area contributed by atoms with E-state index in [1.807, 2.05) is 29.2 Å². The summed E-state index contributed by atoms with van der Waals surface area (Å²) in [6.07, 6.45) is 4.68. The first-order valence-corrected chi connectivity index (χ1v) is 8.27. The molecule has 2 amide bonds. The largest absolute Gasteiger partial charge is 0.325 e. The van der Waals surface area contributed by atoms with Crippen molar-refractivity contribution >= 4 is 38.4 Å². The van der Waals surface area contributed by atoms with Crippen LogP contribution >= 0.6 is 15.9 Å². The molecule has 0 atom stereocenters. The van der Waals surface area contributed by atoms with Crippen molar-refractivity contribution in [1.29, 1.82) is 0 Å². The summed E-state index contributed by atoms with van der Waals surface area (Å²) in [5.41, 5.74) is 0.860. The van der Waals surface area contributed by atoms with Crippen LogP contribution in [0.25, 0.3) is 10.8 Å². The summed E-state index contributed by atoms with van der Waals surface area (Å²) in [6, 6.07) is 12.2. The van der Waals surface area contributed by atoms with Crippen LogP contribution in [0.1, 0.15) is 25.7 Å². The molecule has 0 saturated carbocycles. The summed E-state index contributed by atoms with van der Waals surface area (Å²) in [5.74, 6) is 0. The number of rotatable bonds is 1. The number of urea groups is 1. The Morgan fingerprint density at radius 2 is 1.62 bits per heavy atom. The number of nitrogens with zero attached hydrogens (tertiary/aromatic N) is 1. The van der Waals surface area contributed by atoms with Crippen molar-refractivity contribution in [3.8, 4) is 0 Å². The molecule has 1 fully saturated rings. The molecule has 0 aromatic heterocycles. The SMILES string of the molecule is O=C(Nc1ccc2cc(Br)ccc2c1)N1CCCCCC1. The number of carbonyl (C=O) groups excluding carboxylic acids is 1. The van der Waals surface area contributed by atoms with Crippen molar-refractivity contribution in [2.75, 3.05) is 18.4 Å². The van der Waals surface area contributed by atoms with Gasteiger partial charge in [-0.05, 0) is 47.9 Å². The topological polar surface area (TPSA) is 32.3 Å². The third-order valence-corrected chi connectivity index (χ3v) is 4.44. The van der Waals surface area contributed by atoms with Crippen LogP contribution in [0.15, 0.2) is 40.9 Å². The first-order valence-electron chi connectivity index (χ1n) is 7.48. The number of likely N-dealkylation sites (tertiary alicyclic amines) is 1. The molecule has 0 unspecified atom stereocenters. The third kappa shape index (κ3) is 3.56. The molecule has 0 aliphatic carbocycles. The van der Waals surface area contributed by atoms with E-state index in [4.69, 9.17) is 0 Å². The second kappa shape index (κ2) is 6.48. The van der Waals surface area contributed by atoms with Gasteiger partial charge in [-0.3, -0.25) is 0 Å². The number of hydrogen-bond acceptors (Lipinski definition) is 1. The Labute approximate surface area is 133 Å². The van der Waals surface area contributed by atoms with Crippen LogP contribution in [0, 0.1) is 0 Å². The van der Waals surface area contributed by atoms with Crippen LogP contribution in [-0.2, 0) is 0 Å². The lowest BCUT2D eigenvalue weighted by Gasteiger charge is -2.20. The van der Waals surface area contributed by atoms with Crippen molar-refractivity contribution in [2.24, 2.45) is 0 Å². The van der Waals surface area contributed by atoms with Gasteiger partial charge >= 0.3 is 6.03 Å². The Balaban J connectivity index is 1.74. The molecular formula is C17H19BrN2O. The summed E-state index contributed by atoms with van der Waals surface area (Å²) in [4.78, 5) is 14.2. The Hall–Kier alpha value is -1.55. The van der Waals surface area contributed by atoms with E-state index >= 15 is 0 Å². The van der Waals surface area contributed by atoms with E-state index in [1.54, 1.807) is 0 Å². The lowest BCUT2D eigenvalue weighted by atomic mass is 10.1. The van der Waals surface area contributed by atoms with Crippen LogP contribution in [0.3, 0.4) is 0 Å². The molecule has 2 aromatic rings. The Bertz CT molecular complexity index is 648. The molecule has 1 N–H and O–H groups in total. The lowest BCUT2D eigenvalue weighted by molar-refractivity contribution is 0.214. The van der Waals surface area contributed by atoms with E-state index in [9.17, 15) is 4.79 Å². The standard InChI is InChI=1S/C17H19BrN2O/c18-15-7-5-14-12-16(8-6-13(14)11-15)19-17(21)20-9-3-1-2-4-10-20/h5-8,11-12H,1-4,9-10H2,(H,19,21). The van der Waals surface area contributed by atoms with Crippen LogP contribution < -0.4 is 5.32 Å². The molecule has 0 bridgehead atoms. The minimum Gasteiger partial charge on any atom is -0.325 e. The third-order valence-electron chi connectivity index (χ3n) is 3.95. The van der Waals surface area contributed by atoms with E-state index in [0.717, 1.165) is 46.9 Å². The first-order chi connectivity index (χ1) is 10.2. The van der Waals surface area contributed by atoms with E-state index in [2.05, 4.69) is 33.4 Å². The molecule has 3 rings (SSSR count). The molecule has 1 aliphatic rings. The molecule has 0 radical (unpaired) electrons. The monoisotopic (exact) mass is 346 g/mol. The number of carbonyl (C=O) groups is 1. The summed E-state index contributed by atoms with van der Waals surface area (Å²) < 4.78 is 1.07. The van der Waals surface area contributed by atoms with Crippen LogP contribution in [0.5, 0.6) is 0 Å². The molecule has 4 heteroatoms. The van der Waals surface area contributed by atoms with E-state index in [0.29, 0.717) is 0 Å². The van der Waals surface area contributed by atoms with Crippen LogP contribution in [0.4, 0.5) is 10.5 Å². The minimum absolute atomic E-state index is 0.0216. The van der Waals surface area contributed by atoms with Gasteiger partial charge in [0.15, 0.2) is 0 Å². The van der Waals surface area contributed by atoms with Crippen molar-refractivity contribution in [3.05, 3.63) is 40.9 Å². The normalized spacial score (nSPS) is 15.8. The summed E-state index contributed by atoms with van der Waals surface area (Å²) in [5, 5.41) is 5.32. The number of benzene rings is 2. The zero-order valence-corrected chi connectivity index (χ0v) is 13.5. The Kier molecular flexibility index (Phi) is 4.44. The van der Waals surface area contributed by atoms with Gasteiger partial charge in [0, 0.05) is 23.2 Å². The van der Waals surface area contributed by atoms with Crippen LogP contribution in [0.2, 0.25) is 0 Å². The van der Waals surface area contributed by atoms with Crippen molar-refractivity contribution in [1.82, 2.24) is 4.90 Å². The maximum absolute atomic E-state index is 12.3. The number of hydrogen-bond donors (Lipinski definition) is 1. The molecule has 2 aromatic carbocycles. The van der Waals surface area contributed by atoms with E-state index in [1.165, 1.54) is 12.8 Å². The number of fused-ring (bicyclic) bond motifs is 1. The molecular weight excluding hydrogens is 328 g/mol. The first kappa shape index (κ1) is 14.4. The molecule has 3 nitrogen and oxygen atoms in total. The van der Waals surface area contributed by atoms with Crippen LogP contribution in [-0.4, -0.2) is 24.0 Å². The molecule has 21 heavy (non-hydrogen) atoms. The molecule has 0 spiro atoms. The molecule has 1 aliphatic heterocycles. The highest BCUT2D eigenvalue weighted by atomic mass is 79.9. The van der Waals surface area contributed by atoms with Gasteiger partial charge in [-0.25, -0.2) is 4.79 Å². The second-order valence-corrected chi connectivity index (χ2v) is 6.45. The molecule has 110 valence electrons. The van der Waals surface area contributed by atoms with Crippen molar-refractivity contribution in [3.63, 3.8) is 0 Å². The fraction of sp³-hybridized carbons (Fsp3) is 0.353. The summed E-state index contributed by atoms with van der Waals surface area (Å²) in [7, 11) is 0. The average molecular weight is 347 g/mol. The van der Waals surface area contributed by atoms with Gasteiger partial charge in [0.1, 0.15) is 0 Å². The predicted molar refractivity (Wildman–Crippen MR) is 90.7 cm³/mol. The lowest BCUT2D eigenvalue weighted by Crippen LogP contribution is -2.35. The van der Waals surface area contributed by atoms with Crippen molar-refractivity contribution < 1.29 is 4.79 Å². The van der Waals surface area contributed by atoms with Gasteiger partial charge < -0.3 is 10.2 Å². The zero-order chi connectivity index (χ0) is 14.7. The fourth-order valence-corrected chi connectivity index (χ4v) is 3.15. The molecule has 1 heterocycles. The van der Waals surface area contributed by atoms with Gasteiger partial charge in [0.2, 0.25) is 0 Å². The summed E-state index contributed by atoms with van der Waals surface area (Å²) in [6.45, 7) is 1.73. The Morgan fingerprint density at radius 3 is 2.38 bits per heavy atom. The van der Waals surface area contributed by atoms with Gasteiger partial charge in [-0.2, -0.15) is 0 Å². The number of amides is 2. The maximum Gasteiger partial charge on any atom is 0.321 e. The second-order valence-electron chi connectivity index (χ2n) is 5.54. The Morgan fingerprint density at radius 1 is 0.952 bits per heavy atom. The average Bonchev–Trinajstić information content (AvgIpc) is 2.76. The van der Waals surface area contributed by atoms with E-state index < -0.39 is 0 Å². The number of nitrogens with one attached hydrogen (secondary N) is 1. The minimum atomic E-state index is 0.0216.